The van der Waals surface area contributed by atoms with E-state index in [0.717, 1.165) is 48.6 Å². The smallest absolute Gasteiger partial charge is 0.145 e. The number of aromatic nitrogens is 2. The summed E-state index contributed by atoms with van der Waals surface area (Å²) in [6.45, 7) is -0.369. The maximum Gasteiger partial charge on any atom is 0.145 e. The summed E-state index contributed by atoms with van der Waals surface area (Å²) >= 11 is 0. The van der Waals surface area contributed by atoms with E-state index >= 15 is 0 Å². The molecule has 0 atom stereocenters. The molecule has 2 aromatic heterocycles. The summed E-state index contributed by atoms with van der Waals surface area (Å²) < 4.78 is 26.9. The third kappa shape index (κ3) is 5.02. The molecule has 0 amide bonds. The van der Waals surface area contributed by atoms with Crippen molar-refractivity contribution >= 4 is 67.7 Å². The van der Waals surface area contributed by atoms with Gasteiger partial charge in [-0.2, -0.15) is 51.7 Å². The van der Waals surface area contributed by atoms with Crippen LogP contribution in [0.15, 0.2) is 158 Å². The van der Waals surface area contributed by atoms with Crippen molar-refractivity contribution in [1.82, 2.24) is 9.55 Å². The van der Waals surface area contributed by atoms with Crippen LogP contribution in [0.2, 0.25) is 0 Å². The van der Waals surface area contributed by atoms with Crippen LogP contribution in [0.4, 0.5) is 17.1 Å². The molecule has 50 heavy (non-hydrogen) atoms. The van der Waals surface area contributed by atoms with Gasteiger partial charge in [0.05, 0.1) is 11.1 Å². The molecule has 246 valence electrons. The van der Waals surface area contributed by atoms with Gasteiger partial charge in [0, 0.05) is 38.5 Å². The zero-order chi connectivity index (χ0) is 35.5. The Morgan fingerprint density at radius 3 is 2.08 bits per heavy atom. The van der Waals surface area contributed by atoms with E-state index in [-0.39, 0.29) is 21.1 Å². The Labute approximate surface area is 311 Å². The van der Waals surface area contributed by atoms with Gasteiger partial charge in [-0.3, -0.25) is 0 Å². The molecule has 0 bridgehead atoms. The minimum Gasteiger partial charge on any atom is -0.319 e. The van der Waals surface area contributed by atoms with Gasteiger partial charge in [0.1, 0.15) is 25.3 Å². The predicted molar refractivity (Wildman–Crippen MR) is 203 cm³/mol. The second kappa shape index (κ2) is 12.9. The van der Waals surface area contributed by atoms with E-state index in [1.54, 1.807) is 11.1 Å². The number of rotatable bonds is 6. The van der Waals surface area contributed by atoms with Crippen LogP contribution in [0.3, 0.4) is 0 Å². The quantitative estimate of drug-likeness (QED) is 0.0793. The van der Waals surface area contributed by atoms with Gasteiger partial charge >= 0.3 is 0 Å². The summed E-state index contributed by atoms with van der Waals surface area (Å²) in [5, 5.41) is 9.43. The van der Waals surface area contributed by atoms with Gasteiger partial charge in [-0.1, -0.05) is 96.5 Å². The molecule has 0 saturated heterocycles. The molecule has 3 heterocycles. The van der Waals surface area contributed by atoms with E-state index in [1.807, 2.05) is 54.7 Å². The molecule has 6 aromatic carbocycles. The standard InChI is InChI=1S/C43H32N4OSi.Pt/c1-31-26-27-44-43(28-31)46-39-21-10-9-20-37(39)38-25-24-36(30-42(38)46)49(33-15-5-3-6-16-33,34-17-7-4-8-18-34)35-19-13-14-32(29-35)47-41-23-12-11-22-40(41)45(2)48-47;/h3-28H,1-2H3;/q-2;/p+1/i2D3;. The number of anilines is 3. The van der Waals surface area contributed by atoms with Crippen molar-refractivity contribution in [2.75, 3.05) is 17.1 Å². The third-order valence-electron chi connectivity index (χ3n) is 9.46. The molecule has 9 rings (SSSR count). The number of hydroxylamine groups is 1. The fourth-order valence-corrected chi connectivity index (χ4v) is 11.8. The van der Waals surface area contributed by atoms with Crippen LogP contribution in [0, 0.1) is 19.1 Å². The maximum absolute atomic E-state index is 8.21. The minimum absolute atomic E-state index is 0. The van der Waals surface area contributed by atoms with Crippen LogP contribution >= 0.6 is 0 Å². The van der Waals surface area contributed by atoms with Gasteiger partial charge in [-0.15, -0.1) is 21.6 Å². The Balaban J connectivity index is 0.00000400. The van der Waals surface area contributed by atoms with E-state index in [1.165, 1.54) is 10.4 Å². The summed E-state index contributed by atoms with van der Waals surface area (Å²) in [5.74, 6) is 0.841. The Kier molecular flexibility index (Phi) is 7.36. The molecule has 1 aliphatic heterocycles. The van der Waals surface area contributed by atoms with Crippen LogP contribution in [0.25, 0.3) is 27.6 Å². The Bertz CT molecular complexity index is 2560. The molecule has 0 spiro atoms. The molecule has 0 radical (unpaired) electrons. The van der Waals surface area contributed by atoms with Gasteiger partial charge in [0.2, 0.25) is 0 Å². The normalized spacial score (nSPS) is 13.8. The maximum atomic E-state index is 8.21. The Morgan fingerprint density at radius 1 is 0.660 bits per heavy atom. The summed E-state index contributed by atoms with van der Waals surface area (Å²) in [4.78, 5) is 9.46. The van der Waals surface area contributed by atoms with Crippen LogP contribution in [-0.4, -0.2) is 29.5 Å². The zero-order valence-corrected chi connectivity index (χ0v) is 30.3. The second-order valence-corrected chi connectivity index (χ2v) is 16.0. The molecule has 8 aromatic rings. The van der Waals surface area contributed by atoms with Crippen LogP contribution in [-0.2, 0) is 21.1 Å². The van der Waals surface area contributed by atoms with Gasteiger partial charge in [-0.25, -0.2) is 4.98 Å². The molecular formula is C43H33N4OPtSi-. The number of fused-ring (bicyclic) bond motifs is 4. The van der Waals surface area contributed by atoms with Crippen molar-refractivity contribution in [3.8, 4) is 5.82 Å². The van der Waals surface area contributed by atoms with Crippen molar-refractivity contribution in [2.45, 2.75) is 6.92 Å². The first-order valence-electron chi connectivity index (χ1n) is 17.8. The van der Waals surface area contributed by atoms with Gasteiger partial charge in [0.15, 0.2) is 0 Å². The zero-order valence-electron chi connectivity index (χ0n) is 30.1. The van der Waals surface area contributed by atoms with Gasteiger partial charge in [-0.05, 0) is 58.6 Å². The van der Waals surface area contributed by atoms with Crippen LogP contribution < -0.4 is 30.9 Å². The first kappa shape index (κ1) is 28.6. The molecule has 0 saturated carbocycles. The first-order valence-corrected chi connectivity index (χ1v) is 18.3. The van der Waals surface area contributed by atoms with Crippen LogP contribution in [0.5, 0.6) is 0 Å². The minimum atomic E-state index is -3.17. The summed E-state index contributed by atoms with van der Waals surface area (Å²) in [6.07, 6.45) is 1.86. The van der Waals surface area contributed by atoms with Crippen LogP contribution in [0.1, 0.15) is 9.68 Å². The summed E-state index contributed by atoms with van der Waals surface area (Å²) in [7, 11) is -3.17. The fraction of sp³-hybridized carbons (Fsp3) is 0.0465. The fourth-order valence-electron chi connectivity index (χ4n) is 7.29. The van der Waals surface area contributed by atoms with Gasteiger partial charge in [0.25, 0.3) is 0 Å². The Hall–Kier alpha value is -5.26. The van der Waals surface area contributed by atoms with Crippen molar-refractivity contribution in [1.29, 1.82) is 0 Å². The number of benzene rings is 6. The number of aryl methyl sites for hydroxylation is 1. The average Bonchev–Trinajstić information content (AvgIpc) is 3.73. The number of hydrogen-bond donors (Lipinski definition) is 0. The number of hydrogen-bond acceptors (Lipinski definition) is 3. The van der Waals surface area contributed by atoms with Gasteiger partial charge < -0.3 is 4.57 Å². The molecule has 0 fully saturated rings. The molecule has 1 aliphatic rings. The number of para-hydroxylation sites is 3. The third-order valence-corrected chi connectivity index (χ3v) is 14.1. The van der Waals surface area contributed by atoms with Crippen molar-refractivity contribution in [3.05, 3.63) is 176 Å². The number of pyridine rings is 1. The van der Waals surface area contributed by atoms with E-state index in [4.69, 9.17) is 9.10 Å². The molecule has 5 nitrogen and oxygen atoms in total. The molecule has 0 unspecified atom stereocenters. The number of nitrogens with zero attached hydrogens (tertiary/aromatic N) is 4. The molecule has 0 aliphatic carbocycles. The first-order chi connectivity index (χ1) is 25.3. The van der Waals surface area contributed by atoms with E-state index in [0.29, 0.717) is 17.1 Å². The predicted octanol–water partition coefficient (Wildman–Crippen LogP) is 6.89. The summed E-state index contributed by atoms with van der Waals surface area (Å²) in [6, 6.07) is 59.7. The van der Waals surface area contributed by atoms with Crippen molar-refractivity contribution < 1.29 is 30.1 Å². The monoisotopic (exact) mass is 847 g/mol. The Morgan fingerprint density at radius 2 is 1.34 bits per heavy atom. The van der Waals surface area contributed by atoms with E-state index in [2.05, 4.69) is 126 Å². The molecule has 1 N–H and O–H groups in total. The van der Waals surface area contributed by atoms with Crippen molar-refractivity contribution in [3.63, 3.8) is 0 Å². The van der Waals surface area contributed by atoms with E-state index in [9.17, 15) is 0 Å². The molecule has 7 heteroatoms. The largest absolute Gasteiger partial charge is 0.319 e. The van der Waals surface area contributed by atoms with Crippen molar-refractivity contribution in [2.24, 2.45) is 0 Å². The second-order valence-electron chi connectivity index (χ2n) is 12.3. The average molecular weight is 848 g/mol. The molecular weight excluding hydrogens is 812 g/mol. The SMILES string of the molecule is [2H]C([2H])([2H])N1[OH+]N(c2[c-]c([Si](c3[c-]c4c(cc3)c3ccccc3n4-c3cc(C)ccn3)(c3ccccc3)c3ccccc3)ccc2)c2ccccc21.[Pt]. The summed E-state index contributed by atoms with van der Waals surface area (Å²) in [5.41, 5.74) is 5.00. The topological polar surface area (TPSA) is 37.1 Å². The van der Waals surface area contributed by atoms with E-state index < -0.39 is 15.0 Å².